The van der Waals surface area contributed by atoms with Crippen LogP contribution in [0.3, 0.4) is 0 Å². The molecule has 0 unspecified atom stereocenters. The first kappa shape index (κ1) is 15.3. The minimum absolute atomic E-state index is 0.0528. The zero-order chi connectivity index (χ0) is 14.5. The van der Waals surface area contributed by atoms with Crippen LogP contribution >= 0.6 is 0 Å². The average molecular weight is 283 g/mol. The average Bonchev–Trinajstić information content (AvgIpc) is 2.67. The van der Waals surface area contributed by atoms with Crippen LogP contribution in [0.15, 0.2) is 4.42 Å². The van der Waals surface area contributed by atoms with Gasteiger partial charge in [0.25, 0.3) is 0 Å². The second-order valence-corrected chi connectivity index (χ2v) is 3.40. The molecule has 0 amide bonds. The van der Waals surface area contributed by atoms with E-state index in [0.717, 1.165) is 0 Å². The van der Waals surface area contributed by atoms with Gasteiger partial charge >= 0.3 is 18.1 Å². The van der Waals surface area contributed by atoms with Crippen LogP contribution in [-0.4, -0.2) is 42.1 Å². The summed E-state index contributed by atoms with van der Waals surface area (Å²) in [6, 6.07) is 0. The first-order valence-corrected chi connectivity index (χ1v) is 5.33. The van der Waals surface area contributed by atoms with E-state index in [1.807, 2.05) is 0 Å². The first-order chi connectivity index (χ1) is 8.83. The monoisotopic (exact) mass is 283 g/mol. The second kappa shape index (κ2) is 6.41. The Bertz CT molecular complexity index is 429. The number of aromatic carboxylic acids is 1. The minimum Gasteiger partial charge on any atom is -0.476 e. The van der Waals surface area contributed by atoms with Crippen molar-refractivity contribution in [3.05, 3.63) is 11.6 Å². The molecular formula is C10H12F3NO5. The molecule has 9 heteroatoms. The summed E-state index contributed by atoms with van der Waals surface area (Å²) in [5.41, 5.74) is -0.410. The van der Waals surface area contributed by atoms with Crippen LogP contribution in [0, 0.1) is 0 Å². The number of oxazole rings is 1. The Morgan fingerprint density at radius 2 is 2.16 bits per heavy atom. The van der Waals surface area contributed by atoms with Crippen LogP contribution in [0.1, 0.15) is 23.3 Å². The summed E-state index contributed by atoms with van der Waals surface area (Å²) in [6.45, 7) is 0.141. The van der Waals surface area contributed by atoms with Crippen molar-refractivity contribution in [2.45, 2.75) is 19.5 Å². The third kappa shape index (κ3) is 5.16. The quantitative estimate of drug-likeness (QED) is 0.769. The molecule has 0 aliphatic heterocycles. The summed E-state index contributed by atoms with van der Waals surface area (Å²) in [7, 11) is 0. The number of hydrogen-bond donors (Lipinski definition) is 1. The lowest BCUT2D eigenvalue weighted by Gasteiger charge is -2.05. The van der Waals surface area contributed by atoms with E-state index < -0.39 is 24.4 Å². The van der Waals surface area contributed by atoms with Gasteiger partial charge in [0, 0.05) is 6.42 Å². The van der Waals surface area contributed by atoms with Crippen molar-refractivity contribution < 1.29 is 37.0 Å². The molecule has 0 aromatic carbocycles. The van der Waals surface area contributed by atoms with Crippen LogP contribution in [-0.2, 0) is 11.2 Å². The predicted octanol–water partition coefficient (Wildman–Crippen LogP) is 1.89. The molecule has 0 saturated heterocycles. The van der Waals surface area contributed by atoms with Crippen molar-refractivity contribution in [2.24, 2.45) is 0 Å². The molecule has 1 rings (SSSR count). The van der Waals surface area contributed by atoms with Gasteiger partial charge in [-0.3, -0.25) is 0 Å². The molecule has 1 heterocycles. The van der Waals surface area contributed by atoms with Crippen molar-refractivity contribution >= 4 is 5.97 Å². The number of nitrogens with zero attached hydrogens (tertiary/aromatic N) is 1. The number of aromatic nitrogens is 1. The molecule has 0 saturated carbocycles. The van der Waals surface area contributed by atoms with Gasteiger partial charge in [0.15, 0.2) is 0 Å². The Labute approximate surface area is 106 Å². The highest BCUT2D eigenvalue weighted by molar-refractivity contribution is 5.87. The molecular weight excluding hydrogens is 271 g/mol. The molecule has 1 aromatic heterocycles. The Morgan fingerprint density at radius 3 is 2.68 bits per heavy atom. The Balaban J connectivity index is 2.55. The Kier molecular flexibility index (Phi) is 5.16. The zero-order valence-electron chi connectivity index (χ0n) is 9.99. The van der Waals surface area contributed by atoms with Gasteiger partial charge in [-0.25, -0.2) is 9.78 Å². The van der Waals surface area contributed by atoms with E-state index in [1.54, 1.807) is 6.92 Å². The third-order valence-electron chi connectivity index (χ3n) is 1.84. The van der Waals surface area contributed by atoms with Gasteiger partial charge < -0.3 is 19.0 Å². The van der Waals surface area contributed by atoms with Crippen LogP contribution in [0.5, 0.6) is 5.95 Å². The molecule has 1 aromatic rings. The first-order valence-electron chi connectivity index (χ1n) is 5.33. The van der Waals surface area contributed by atoms with Crippen molar-refractivity contribution in [1.82, 2.24) is 4.98 Å². The van der Waals surface area contributed by atoms with Crippen molar-refractivity contribution in [3.8, 4) is 5.95 Å². The van der Waals surface area contributed by atoms with E-state index in [-0.39, 0.29) is 31.5 Å². The normalized spacial score (nSPS) is 11.6. The van der Waals surface area contributed by atoms with Crippen molar-refractivity contribution in [1.29, 1.82) is 0 Å². The van der Waals surface area contributed by atoms with E-state index in [1.165, 1.54) is 0 Å². The van der Waals surface area contributed by atoms with E-state index in [2.05, 4.69) is 9.72 Å². The molecule has 0 bridgehead atoms. The SMILES string of the molecule is CCOc1oc(CCOCC(F)(F)F)nc1C(=O)O. The van der Waals surface area contributed by atoms with Crippen molar-refractivity contribution in [2.75, 3.05) is 19.8 Å². The van der Waals surface area contributed by atoms with Crippen LogP contribution in [0.4, 0.5) is 13.2 Å². The number of alkyl halides is 3. The van der Waals surface area contributed by atoms with Gasteiger partial charge in [0.2, 0.25) is 11.6 Å². The topological polar surface area (TPSA) is 81.8 Å². The van der Waals surface area contributed by atoms with Crippen LogP contribution in [0.25, 0.3) is 0 Å². The zero-order valence-corrected chi connectivity index (χ0v) is 9.99. The fraction of sp³-hybridized carbons (Fsp3) is 0.600. The van der Waals surface area contributed by atoms with Gasteiger partial charge in [-0.1, -0.05) is 0 Å². The van der Waals surface area contributed by atoms with E-state index in [4.69, 9.17) is 14.3 Å². The summed E-state index contributed by atoms with van der Waals surface area (Å²) in [5.74, 6) is -1.65. The number of rotatable bonds is 7. The van der Waals surface area contributed by atoms with E-state index in [9.17, 15) is 18.0 Å². The second-order valence-electron chi connectivity index (χ2n) is 3.40. The molecule has 0 atom stereocenters. The maximum Gasteiger partial charge on any atom is 0.411 e. The number of carbonyl (C=O) groups is 1. The lowest BCUT2D eigenvalue weighted by atomic mass is 10.4. The maximum absolute atomic E-state index is 11.8. The summed E-state index contributed by atoms with van der Waals surface area (Å²) in [6.07, 6.45) is -4.48. The van der Waals surface area contributed by atoms with Gasteiger partial charge in [-0.05, 0) is 6.92 Å². The van der Waals surface area contributed by atoms with Gasteiger partial charge in [0.05, 0.1) is 13.2 Å². The molecule has 1 N–H and O–H groups in total. The highest BCUT2D eigenvalue weighted by Gasteiger charge is 2.27. The largest absolute Gasteiger partial charge is 0.476 e. The molecule has 19 heavy (non-hydrogen) atoms. The molecule has 108 valence electrons. The minimum atomic E-state index is -4.40. The summed E-state index contributed by atoms with van der Waals surface area (Å²) >= 11 is 0. The Morgan fingerprint density at radius 1 is 1.47 bits per heavy atom. The van der Waals surface area contributed by atoms with Gasteiger partial charge in [-0.15, -0.1) is 0 Å². The highest BCUT2D eigenvalue weighted by Crippen LogP contribution is 2.21. The fourth-order valence-corrected chi connectivity index (χ4v) is 1.17. The van der Waals surface area contributed by atoms with Gasteiger partial charge in [0.1, 0.15) is 6.61 Å². The van der Waals surface area contributed by atoms with E-state index >= 15 is 0 Å². The molecule has 0 spiro atoms. The lowest BCUT2D eigenvalue weighted by Crippen LogP contribution is -2.18. The summed E-state index contributed by atoms with van der Waals surface area (Å²) < 4.78 is 49.6. The van der Waals surface area contributed by atoms with Crippen LogP contribution < -0.4 is 4.74 Å². The standard InChI is InChI=1S/C10H12F3NO5/c1-2-18-9-7(8(15)16)14-6(19-9)3-4-17-5-10(11,12)13/h2-5H2,1H3,(H,15,16). The fourth-order valence-electron chi connectivity index (χ4n) is 1.17. The smallest absolute Gasteiger partial charge is 0.411 e. The lowest BCUT2D eigenvalue weighted by molar-refractivity contribution is -0.173. The molecule has 0 aliphatic carbocycles. The number of hydrogen-bond acceptors (Lipinski definition) is 5. The predicted molar refractivity (Wildman–Crippen MR) is 55.2 cm³/mol. The molecule has 0 aliphatic rings. The van der Waals surface area contributed by atoms with E-state index in [0.29, 0.717) is 0 Å². The third-order valence-corrected chi connectivity index (χ3v) is 1.84. The summed E-state index contributed by atoms with van der Waals surface area (Å²) in [4.78, 5) is 14.4. The number of halogens is 3. The van der Waals surface area contributed by atoms with Crippen molar-refractivity contribution in [3.63, 3.8) is 0 Å². The van der Waals surface area contributed by atoms with Gasteiger partial charge in [-0.2, -0.15) is 13.2 Å². The molecule has 0 fully saturated rings. The molecule has 0 radical (unpaired) electrons. The maximum atomic E-state index is 11.8. The van der Waals surface area contributed by atoms with Crippen LogP contribution in [0.2, 0.25) is 0 Å². The Hall–Kier alpha value is -1.77. The number of carboxylic acids is 1. The number of ether oxygens (including phenoxy) is 2. The summed E-state index contributed by atoms with van der Waals surface area (Å²) in [5, 5.41) is 8.80. The highest BCUT2D eigenvalue weighted by atomic mass is 19.4. The molecule has 6 nitrogen and oxygen atoms in total. The number of carboxylic acid groups (broad SMARTS) is 1.